The molecule has 1 aromatic carbocycles. The number of rotatable bonds is 2. The molecule has 5 amide bonds. The van der Waals surface area contributed by atoms with Crippen molar-refractivity contribution in [3.8, 4) is 0 Å². The van der Waals surface area contributed by atoms with Gasteiger partial charge in [-0.05, 0) is 31.0 Å². The number of alkyl halides is 3. The number of fused-ring (bicyclic) bond motifs is 2. The number of imide groups is 1. The molecule has 1 unspecified atom stereocenters. The van der Waals surface area contributed by atoms with Gasteiger partial charge in [-0.2, -0.15) is 13.2 Å². The molecule has 1 atom stereocenters. The molecule has 0 radical (unpaired) electrons. The van der Waals surface area contributed by atoms with Gasteiger partial charge in [0.2, 0.25) is 11.8 Å². The van der Waals surface area contributed by atoms with Crippen LogP contribution in [0.1, 0.15) is 18.4 Å². The summed E-state index contributed by atoms with van der Waals surface area (Å²) >= 11 is 0. The molecule has 0 spiro atoms. The van der Waals surface area contributed by atoms with Crippen molar-refractivity contribution in [3.63, 3.8) is 0 Å². The Bertz CT molecular complexity index is 879. The van der Waals surface area contributed by atoms with E-state index in [9.17, 15) is 32.3 Å². The van der Waals surface area contributed by atoms with Gasteiger partial charge in [0.05, 0.1) is 16.9 Å². The lowest BCUT2D eigenvalue weighted by molar-refractivity contribution is -0.137. The third-order valence-corrected chi connectivity index (χ3v) is 5.07. The van der Waals surface area contributed by atoms with Gasteiger partial charge in [0.25, 0.3) is 5.91 Å². The number of halogens is 3. The second-order valence-corrected chi connectivity index (χ2v) is 6.82. The van der Waals surface area contributed by atoms with E-state index in [1.54, 1.807) is 0 Å². The van der Waals surface area contributed by atoms with Crippen LogP contribution in [-0.2, 0) is 20.6 Å². The van der Waals surface area contributed by atoms with Gasteiger partial charge in [0, 0.05) is 6.54 Å². The lowest BCUT2D eigenvalue weighted by atomic mass is 10.1. The Morgan fingerprint density at radius 3 is 2.64 bits per heavy atom. The molecule has 4 rings (SSSR count). The van der Waals surface area contributed by atoms with E-state index in [0.717, 1.165) is 28.0 Å². The van der Waals surface area contributed by atoms with Crippen molar-refractivity contribution in [2.45, 2.75) is 25.1 Å². The van der Waals surface area contributed by atoms with Gasteiger partial charge in [-0.3, -0.25) is 24.2 Å². The largest absolute Gasteiger partial charge is 0.416 e. The number of nitrogens with one attached hydrogen (secondary N) is 1. The summed E-state index contributed by atoms with van der Waals surface area (Å²) in [5, 5.41) is 2.31. The van der Waals surface area contributed by atoms with E-state index >= 15 is 0 Å². The average Bonchev–Trinajstić information content (AvgIpc) is 3.19. The first kappa shape index (κ1) is 18.3. The van der Waals surface area contributed by atoms with Crippen LogP contribution in [0.25, 0.3) is 0 Å². The Hall–Kier alpha value is -3.11. The minimum Gasteiger partial charge on any atom is -0.323 e. The molecule has 2 saturated heterocycles. The molecule has 3 aliphatic heterocycles. The molecular weight excluding hydrogens is 381 g/mol. The van der Waals surface area contributed by atoms with Crippen molar-refractivity contribution in [2.75, 3.05) is 29.9 Å². The summed E-state index contributed by atoms with van der Waals surface area (Å²) in [4.78, 5) is 52.5. The van der Waals surface area contributed by atoms with Crippen LogP contribution in [0.15, 0.2) is 18.2 Å². The zero-order chi connectivity index (χ0) is 20.2. The Kier molecular flexibility index (Phi) is 4.05. The molecule has 8 nitrogen and oxygen atoms in total. The summed E-state index contributed by atoms with van der Waals surface area (Å²) < 4.78 is 38.7. The summed E-state index contributed by atoms with van der Waals surface area (Å²) in [5.74, 6) is -1.86. The van der Waals surface area contributed by atoms with Crippen LogP contribution in [0, 0.1) is 0 Å². The van der Waals surface area contributed by atoms with Crippen LogP contribution in [0.2, 0.25) is 0 Å². The van der Waals surface area contributed by atoms with Gasteiger partial charge in [-0.25, -0.2) is 4.79 Å². The van der Waals surface area contributed by atoms with Crippen LogP contribution in [0.3, 0.4) is 0 Å². The zero-order valence-corrected chi connectivity index (χ0v) is 14.5. The molecule has 0 bridgehead atoms. The molecule has 0 aliphatic carbocycles. The van der Waals surface area contributed by atoms with Gasteiger partial charge < -0.3 is 10.2 Å². The van der Waals surface area contributed by atoms with Crippen molar-refractivity contribution in [3.05, 3.63) is 23.8 Å². The summed E-state index contributed by atoms with van der Waals surface area (Å²) in [6, 6.07) is 1.51. The number of hydrogen-bond acceptors (Lipinski definition) is 4. The fourth-order valence-corrected chi connectivity index (χ4v) is 3.74. The molecule has 0 saturated carbocycles. The molecule has 0 aromatic heterocycles. The van der Waals surface area contributed by atoms with Crippen molar-refractivity contribution in [1.82, 2.24) is 9.80 Å². The van der Waals surface area contributed by atoms with E-state index in [4.69, 9.17) is 0 Å². The van der Waals surface area contributed by atoms with Gasteiger partial charge in [0.1, 0.15) is 19.1 Å². The molecule has 11 heteroatoms. The smallest absolute Gasteiger partial charge is 0.323 e. The van der Waals surface area contributed by atoms with E-state index in [2.05, 4.69) is 5.32 Å². The highest BCUT2D eigenvalue weighted by Gasteiger charge is 2.48. The zero-order valence-electron chi connectivity index (χ0n) is 14.5. The van der Waals surface area contributed by atoms with Gasteiger partial charge in [-0.1, -0.05) is 0 Å². The number of hydrogen-bond donors (Lipinski definition) is 1. The molecule has 28 heavy (non-hydrogen) atoms. The molecular formula is C17H15F3N4O4. The van der Waals surface area contributed by atoms with Crippen LogP contribution in [0.4, 0.5) is 29.3 Å². The van der Waals surface area contributed by atoms with E-state index in [1.807, 2.05) is 0 Å². The van der Waals surface area contributed by atoms with E-state index in [1.165, 1.54) is 4.90 Å². The maximum absolute atomic E-state index is 12.9. The second-order valence-electron chi connectivity index (χ2n) is 6.82. The minimum atomic E-state index is -4.60. The molecule has 1 aromatic rings. The predicted molar refractivity (Wildman–Crippen MR) is 89.3 cm³/mol. The van der Waals surface area contributed by atoms with Gasteiger partial charge in [-0.15, -0.1) is 0 Å². The first-order valence-corrected chi connectivity index (χ1v) is 8.60. The lowest BCUT2D eigenvalue weighted by Gasteiger charge is -2.30. The maximum atomic E-state index is 12.9. The van der Waals surface area contributed by atoms with Gasteiger partial charge in [0.15, 0.2) is 0 Å². The van der Waals surface area contributed by atoms with E-state index < -0.39 is 54.6 Å². The molecule has 2 fully saturated rings. The number of carbonyl (C=O) groups excluding carboxylic acids is 4. The van der Waals surface area contributed by atoms with Crippen molar-refractivity contribution in [2.24, 2.45) is 0 Å². The normalized spacial score (nSPS) is 21.8. The Morgan fingerprint density at radius 2 is 1.96 bits per heavy atom. The average molecular weight is 396 g/mol. The van der Waals surface area contributed by atoms with Crippen molar-refractivity contribution in [1.29, 1.82) is 0 Å². The minimum absolute atomic E-state index is 0.0807. The van der Waals surface area contributed by atoms with Gasteiger partial charge >= 0.3 is 12.2 Å². The fourth-order valence-electron chi connectivity index (χ4n) is 3.74. The highest BCUT2D eigenvalue weighted by Crippen LogP contribution is 2.37. The molecule has 148 valence electrons. The Labute approximate surface area is 156 Å². The number of anilines is 2. The fraction of sp³-hybridized carbons (Fsp3) is 0.412. The SMILES string of the molecule is O=C1CN(C(=O)CN2C(=O)C3CCCN3C2=O)c2ccc(C(F)(F)F)cc2N1. The standard InChI is InChI=1S/C17H15F3N4O4/c18-17(19,20)9-3-4-11-10(6-9)21-13(25)7-23(11)14(26)8-24-15(27)12-2-1-5-22(12)16(24)28/h3-4,6,12H,1-2,5,7-8H2,(H,21,25). The number of benzene rings is 1. The maximum Gasteiger partial charge on any atom is 0.416 e. The second kappa shape index (κ2) is 6.21. The van der Waals surface area contributed by atoms with Crippen LogP contribution in [0.5, 0.6) is 0 Å². The molecule has 3 heterocycles. The third-order valence-electron chi connectivity index (χ3n) is 5.07. The van der Waals surface area contributed by atoms with E-state index in [0.29, 0.717) is 19.4 Å². The lowest BCUT2D eigenvalue weighted by Crippen LogP contribution is -2.48. The predicted octanol–water partition coefficient (Wildman–Crippen LogP) is 1.42. The summed E-state index contributed by atoms with van der Waals surface area (Å²) in [6.45, 7) is -0.548. The number of amides is 5. The van der Waals surface area contributed by atoms with Crippen molar-refractivity contribution >= 4 is 35.1 Å². The highest BCUT2D eigenvalue weighted by molar-refractivity contribution is 6.13. The third kappa shape index (κ3) is 2.86. The number of nitrogens with zero attached hydrogens (tertiary/aromatic N) is 3. The molecule has 1 N–H and O–H groups in total. The summed E-state index contributed by atoms with van der Waals surface area (Å²) in [6.07, 6.45) is -3.36. The van der Waals surface area contributed by atoms with Crippen LogP contribution in [-0.4, -0.2) is 59.2 Å². The van der Waals surface area contributed by atoms with Crippen molar-refractivity contribution < 1.29 is 32.3 Å². The van der Waals surface area contributed by atoms with E-state index in [-0.39, 0.29) is 11.4 Å². The Balaban J connectivity index is 1.58. The number of carbonyl (C=O) groups is 4. The summed E-state index contributed by atoms with van der Waals surface area (Å²) in [7, 11) is 0. The highest BCUT2D eigenvalue weighted by atomic mass is 19.4. The monoisotopic (exact) mass is 396 g/mol. The summed E-state index contributed by atoms with van der Waals surface area (Å²) in [5.41, 5.74) is -1.04. The molecule has 3 aliphatic rings. The number of urea groups is 1. The quantitative estimate of drug-likeness (QED) is 0.766. The first-order valence-electron chi connectivity index (χ1n) is 8.60. The first-order chi connectivity index (χ1) is 13.2. The van der Waals surface area contributed by atoms with Crippen LogP contribution >= 0.6 is 0 Å². The Morgan fingerprint density at radius 1 is 1.21 bits per heavy atom. The van der Waals surface area contributed by atoms with Crippen LogP contribution < -0.4 is 10.2 Å². The topological polar surface area (TPSA) is 90.0 Å².